The molecule has 1 N–H and O–H groups in total. The number of thiophene rings is 1. The Kier molecular flexibility index (Phi) is 7.30. The van der Waals surface area contributed by atoms with E-state index in [-0.39, 0.29) is 12.0 Å². The van der Waals surface area contributed by atoms with Gasteiger partial charge in [0, 0.05) is 53.5 Å². The number of likely N-dealkylation sites (tertiary alicyclic amines) is 1. The highest BCUT2D eigenvalue weighted by molar-refractivity contribution is 7.99. The molecule has 2 aliphatic rings. The fourth-order valence-corrected chi connectivity index (χ4v) is 7.70. The molecule has 37 heavy (non-hydrogen) atoms. The summed E-state index contributed by atoms with van der Waals surface area (Å²) in [4.78, 5) is 29.9. The number of carbonyl (C=O) groups excluding carboxylic acids is 1. The van der Waals surface area contributed by atoms with Gasteiger partial charge in [0.25, 0.3) is 0 Å². The number of aromatic nitrogens is 3. The van der Waals surface area contributed by atoms with Crippen LogP contribution >= 0.6 is 34.4 Å². The first-order chi connectivity index (χ1) is 18.1. The largest absolute Gasteiger partial charge is 0.487 e. The molecule has 1 saturated heterocycles. The zero-order chi connectivity index (χ0) is 25.2. The predicted molar refractivity (Wildman–Crippen MR) is 150 cm³/mol. The van der Waals surface area contributed by atoms with Gasteiger partial charge < -0.3 is 15.0 Å². The predicted octanol–water partition coefficient (Wildman–Crippen LogP) is 7.09. The topological polar surface area (TPSA) is 80.2 Å². The SMILES string of the molecule is CC(=O)N1CCC(c2csc(Nc3ncc(Sc4ccnc5ccsc45)cc3OC3CCCC3)n2)CC1. The Labute approximate surface area is 228 Å². The average Bonchev–Trinajstić information content (AvgIpc) is 3.68. The number of ether oxygens (including phenoxy) is 1. The van der Waals surface area contributed by atoms with Gasteiger partial charge in [-0.25, -0.2) is 9.97 Å². The van der Waals surface area contributed by atoms with Crippen LogP contribution in [0.15, 0.2) is 51.1 Å². The minimum Gasteiger partial charge on any atom is -0.487 e. The summed E-state index contributed by atoms with van der Waals surface area (Å²) in [6.07, 6.45) is 10.5. The summed E-state index contributed by atoms with van der Waals surface area (Å²) < 4.78 is 7.67. The molecule has 0 aromatic carbocycles. The molecule has 2 fully saturated rings. The molecule has 6 rings (SSSR count). The lowest BCUT2D eigenvalue weighted by Gasteiger charge is -2.30. The van der Waals surface area contributed by atoms with E-state index in [4.69, 9.17) is 14.7 Å². The molecule has 0 atom stereocenters. The third-order valence-corrected chi connectivity index (χ3v) is 9.93. The number of amides is 1. The monoisotopic (exact) mass is 551 g/mol. The minimum atomic E-state index is 0.158. The molecule has 0 radical (unpaired) electrons. The van der Waals surface area contributed by atoms with Crippen LogP contribution in [0.2, 0.25) is 0 Å². The summed E-state index contributed by atoms with van der Waals surface area (Å²) in [6, 6.07) is 6.22. The highest BCUT2D eigenvalue weighted by Gasteiger charge is 2.24. The van der Waals surface area contributed by atoms with Gasteiger partial charge in [0.2, 0.25) is 5.91 Å². The second-order valence-electron chi connectivity index (χ2n) is 9.57. The number of fused-ring (bicyclic) bond motifs is 1. The molecule has 1 aliphatic heterocycles. The van der Waals surface area contributed by atoms with E-state index in [1.54, 1.807) is 41.4 Å². The number of hydrogen-bond acceptors (Lipinski definition) is 9. The van der Waals surface area contributed by atoms with Crippen molar-refractivity contribution in [3.05, 3.63) is 47.0 Å². The van der Waals surface area contributed by atoms with Gasteiger partial charge in [0.1, 0.15) is 0 Å². The van der Waals surface area contributed by atoms with Gasteiger partial charge in [-0.1, -0.05) is 11.8 Å². The summed E-state index contributed by atoms with van der Waals surface area (Å²) in [5.74, 6) is 2.03. The van der Waals surface area contributed by atoms with Crippen molar-refractivity contribution < 1.29 is 9.53 Å². The molecule has 0 unspecified atom stereocenters. The van der Waals surface area contributed by atoms with Gasteiger partial charge in [-0.3, -0.25) is 9.78 Å². The van der Waals surface area contributed by atoms with Crippen molar-refractivity contribution >= 4 is 61.5 Å². The van der Waals surface area contributed by atoms with Crippen molar-refractivity contribution in [3.63, 3.8) is 0 Å². The molecule has 4 aromatic rings. The third-order valence-electron chi connectivity index (χ3n) is 7.06. The summed E-state index contributed by atoms with van der Waals surface area (Å²) in [5.41, 5.74) is 2.12. The first-order valence-corrected chi connectivity index (χ1v) is 15.3. The van der Waals surface area contributed by atoms with Gasteiger partial charge >= 0.3 is 0 Å². The van der Waals surface area contributed by atoms with Crippen molar-refractivity contribution in [3.8, 4) is 5.75 Å². The van der Waals surface area contributed by atoms with E-state index in [1.807, 2.05) is 17.3 Å². The summed E-state index contributed by atoms with van der Waals surface area (Å²) in [5, 5.41) is 8.47. The van der Waals surface area contributed by atoms with Crippen LogP contribution in [0.1, 0.15) is 57.1 Å². The summed E-state index contributed by atoms with van der Waals surface area (Å²) in [7, 11) is 0. The van der Waals surface area contributed by atoms with E-state index in [9.17, 15) is 4.79 Å². The molecule has 1 saturated carbocycles. The Morgan fingerprint density at radius 3 is 2.78 bits per heavy atom. The second kappa shape index (κ2) is 11.0. The van der Waals surface area contributed by atoms with Crippen molar-refractivity contribution in [2.45, 2.75) is 67.3 Å². The van der Waals surface area contributed by atoms with E-state index in [0.717, 1.165) is 65.8 Å². The summed E-state index contributed by atoms with van der Waals surface area (Å²) in [6.45, 7) is 3.25. The smallest absolute Gasteiger partial charge is 0.219 e. The Balaban J connectivity index is 1.21. The highest BCUT2D eigenvalue weighted by Crippen LogP contribution is 2.40. The normalized spacial score (nSPS) is 16.9. The van der Waals surface area contributed by atoms with Gasteiger partial charge in [-0.05, 0) is 62.1 Å². The number of rotatable bonds is 7. The van der Waals surface area contributed by atoms with Gasteiger partial charge in [0.15, 0.2) is 16.7 Å². The fraction of sp³-hybridized carbons (Fsp3) is 0.407. The van der Waals surface area contributed by atoms with Crippen LogP contribution in [-0.4, -0.2) is 45.0 Å². The molecule has 1 aliphatic carbocycles. The number of hydrogen-bond donors (Lipinski definition) is 1. The van der Waals surface area contributed by atoms with Crippen molar-refractivity contribution in [2.24, 2.45) is 0 Å². The number of carbonyl (C=O) groups is 1. The number of nitrogens with zero attached hydrogens (tertiary/aromatic N) is 4. The van der Waals surface area contributed by atoms with Crippen LogP contribution < -0.4 is 10.1 Å². The first kappa shape index (κ1) is 24.6. The minimum absolute atomic E-state index is 0.158. The molecule has 192 valence electrons. The van der Waals surface area contributed by atoms with Gasteiger partial charge in [0.05, 0.1) is 22.0 Å². The van der Waals surface area contributed by atoms with Crippen LogP contribution in [0.5, 0.6) is 5.75 Å². The zero-order valence-electron chi connectivity index (χ0n) is 20.7. The van der Waals surface area contributed by atoms with Crippen molar-refractivity contribution in [2.75, 3.05) is 18.4 Å². The lowest BCUT2D eigenvalue weighted by molar-refractivity contribution is -0.129. The van der Waals surface area contributed by atoms with E-state index in [0.29, 0.717) is 11.7 Å². The van der Waals surface area contributed by atoms with Gasteiger partial charge in [-0.15, -0.1) is 22.7 Å². The van der Waals surface area contributed by atoms with Crippen molar-refractivity contribution in [1.29, 1.82) is 0 Å². The molecular weight excluding hydrogens is 523 g/mol. The second-order valence-corrected chi connectivity index (χ2v) is 12.5. The van der Waals surface area contributed by atoms with Crippen molar-refractivity contribution in [1.82, 2.24) is 19.9 Å². The number of anilines is 2. The van der Waals surface area contributed by atoms with E-state index in [2.05, 4.69) is 39.3 Å². The summed E-state index contributed by atoms with van der Waals surface area (Å²) >= 11 is 5.00. The quantitative estimate of drug-likeness (QED) is 0.263. The lowest BCUT2D eigenvalue weighted by Crippen LogP contribution is -2.36. The molecule has 4 aromatic heterocycles. The lowest BCUT2D eigenvalue weighted by atomic mass is 9.94. The van der Waals surface area contributed by atoms with E-state index >= 15 is 0 Å². The maximum Gasteiger partial charge on any atom is 0.219 e. The first-order valence-electron chi connectivity index (χ1n) is 12.8. The van der Waals surface area contributed by atoms with Crippen LogP contribution in [0.4, 0.5) is 10.9 Å². The average molecular weight is 552 g/mol. The fourth-order valence-electron chi connectivity index (χ4n) is 5.03. The molecule has 0 bridgehead atoms. The highest BCUT2D eigenvalue weighted by atomic mass is 32.2. The Morgan fingerprint density at radius 1 is 1.14 bits per heavy atom. The number of thiazole rings is 1. The van der Waals surface area contributed by atoms with E-state index in [1.165, 1.54) is 22.4 Å². The number of nitrogens with one attached hydrogen (secondary N) is 1. The van der Waals surface area contributed by atoms with Gasteiger partial charge in [-0.2, -0.15) is 0 Å². The molecule has 1 amide bonds. The third kappa shape index (κ3) is 5.61. The number of pyridine rings is 2. The van der Waals surface area contributed by atoms with Crippen LogP contribution in [0.25, 0.3) is 10.2 Å². The van der Waals surface area contributed by atoms with Crippen LogP contribution in [0.3, 0.4) is 0 Å². The molecule has 7 nitrogen and oxygen atoms in total. The van der Waals surface area contributed by atoms with E-state index < -0.39 is 0 Å². The molecular formula is C27H29N5O2S3. The maximum atomic E-state index is 11.7. The number of piperidine rings is 1. The zero-order valence-corrected chi connectivity index (χ0v) is 23.1. The molecule has 0 spiro atoms. The molecule has 10 heteroatoms. The standard InChI is InChI=1S/C27H29N5O2S3/c1-17(33)32-11-7-18(8-12-32)22-16-36-27(30-22)31-26-23(34-19-4-2-3-5-19)14-20(15-29-26)37-24-6-10-28-21-9-13-35-25(21)24/h6,9-10,13-16,18-19H,2-5,7-8,11-12H2,1H3,(H,29,30,31). The Morgan fingerprint density at radius 2 is 1.97 bits per heavy atom. The Bertz CT molecular complexity index is 1390. The van der Waals surface area contributed by atoms with Crippen LogP contribution in [-0.2, 0) is 4.79 Å². The molecule has 5 heterocycles. The maximum absolute atomic E-state index is 11.7. The van der Waals surface area contributed by atoms with Crippen LogP contribution in [0, 0.1) is 0 Å². The Hall–Kier alpha value is -2.69.